The van der Waals surface area contributed by atoms with Crippen LogP contribution in [0.4, 0.5) is 5.69 Å². The van der Waals surface area contributed by atoms with Gasteiger partial charge in [-0.1, -0.05) is 24.3 Å². The van der Waals surface area contributed by atoms with E-state index in [4.69, 9.17) is 10.5 Å². The average Bonchev–Trinajstić information content (AvgIpc) is 3.41. The van der Waals surface area contributed by atoms with Crippen molar-refractivity contribution in [2.24, 2.45) is 16.6 Å². The lowest BCUT2D eigenvalue weighted by Crippen LogP contribution is -2.34. The molecule has 2 aromatic carbocycles. The highest BCUT2D eigenvalue weighted by Crippen LogP contribution is 2.34. The SMILES string of the molecule is CN(C)C(CN=C(N)Nc1cccc(Oc2ccccc2)c1)C1CC1. The highest BCUT2D eigenvalue weighted by atomic mass is 16.5. The van der Waals surface area contributed by atoms with E-state index in [2.05, 4.69) is 29.3 Å². The molecule has 0 heterocycles. The molecule has 1 atom stereocenters. The van der Waals surface area contributed by atoms with Gasteiger partial charge >= 0.3 is 0 Å². The van der Waals surface area contributed by atoms with E-state index in [-0.39, 0.29) is 0 Å². The minimum absolute atomic E-state index is 0.435. The van der Waals surface area contributed by atoms with E-state index >= 15 is 0 Å². The van der Waals surface area contributed by atoms with Gasteiger partial charge in [0.2, 0.25) is 0 Å². The minimum Gasteiger partial charge on any atom is -0.457 e. The van der Waals surface area contributed by atoms with Gasteiger partial charge in [-0.3, -0.25) is 4.99 Å². The maximum absolute atomic E-state index is 6.06. The number of hydrogen-bond acceptors (Lipinski definition) is 3. The van der Waals surface area contributed by atoms with Crippen LogP contribution in [0.15, 0.2) is 59.6 Å². The fraction of sp³-hybridized carbons (Fsp3) is 0.350. The first-order valence-electron chi connectivity index (χ1n) is 8.68. The second-order valence-electron chi connectivity index (χ2n) is 6.66. The Bertz CT molecular complexity index is 709. The monoisotopic (exact) mass is 338 g/mol. The van der Waals surface area contributed by atoms with Gasteiger partial charge in [-0.05, 0) is 57.1 Å². The molecular weight excluding hydrogens is 312 g/mol. The van der Waals surface area contributed by atoms with Crippen molar-refractivity contribution < 1.29 is 4.74 Å². The molecule has 5 heteroatoms. The van der Waals surface area contributed by atoms with Crippen LogP contribution >= 0.6 is 0 Å². The summed E-state index contributed by atoms with van der Waals surface area (Å²) in [5.74, 6) is 2.76. The molecule has 3 rings (SSSR count). The van der Waals surface area contributed by atoms with Gasteiger partial charge in [-0.25, -0.2) is 0 Å². The fourth-order valence-electron chi connectivity index (χ4n) is 2.86. The topological polar surface area (TPSA) is 62.9 Å². The summed E-state index contributed by atoms with van der Waals surface area (Å²) in [5.41, 5.74) is 6.92. The molecule has 0 saturated heterocycles. The second-order valence-corrected chi connectivity index (χ2v) is 6.66. The molecular formula is C20H26N4O. The summed E-state index contributed by atoms with van der Waals surface area (Å²) >= 11 is 0. The maximum atomic E-state index is 6.06. The van der Waals surface area contributed by atoms with Crippen LogP contribution in [0.25, 0.3) is 0 Å². The van der Waals surface area contributed by atoms with Crippen molar-refractivity contribution in [3.05, 3.63) is 54.6 Å². The fourth-order valence-corrected chi connectivity index (χ4v) is 2.86. The molecule has 0 aliphatic heterocycles. The van der Waals surface area contributed by atoms with Crippen LogP contribution in [0.5, 0.6) is 11.5 Å². The predicted octanol–water partition coefficient (Wildman–Crippen LogP) is 3.55. The number of ether oxygens (including phenoxy) is 1. The van der Waals surface area contributed by atoms with Crippen molar-refractivity contribution in [3.63, 3.8) is 0 Å². The summed E-state index contributed by atoms with van der Waals surface area (Å²) in [5, 5.41) is 3.15. The molecule has 0 spiro atoms. The highest BCUT2D eigenvalue weighted by molar-refractivity contribution is 5.92. The lowest BCUT2D eigenvalue weighted by atomic mass is 10.2. The highest BCUT2D eigenvalue weighted by Gasteiger charge is 2.32. The molecule has 1 unspecified atom stereocenters. The molecule has 0 aromatic heterocycles. The largest absolute Gasteiger partial charge is 0.457 e. The van der Waals surface area contributed by atoms with Crippen LogP contribution in [0.2, 0.25) is 0 Å². The number of guanidine groups is 1. The Balaban J connectivity index is 1.60. The van der Waals surface area contributed by atoms with E-state index in [1.807, 2.05) is 54.6 Å². The van der Waals surface area contributed by atoms with Crippen LogP contribution in [0, 0.1) is 5.92 Å². The van der Waals surface area contributed by atoms with Crippen LogP contribution in [0.3, 0.4) is 0 Å². The Morgan fingerprint density at radius 3 is 2.56 bits per heavy atom. The summed E-state index contributed by atoms with van der Waals surface area (Å²) in [6.45, 7) is 0.719. The average molecular weight is 338 g/mol. The van der Waals surface area contributed by atoms with Crippen molar-refractivity contribution in [1.29, 1.82) is 0 Å². The number of para-hydroxylation sites is 1. The first-order chi connectivity index (χ1) is 12.1. The number of hydrogen-bond donors (Lipinski definition) is 2. The lowest BCUT2D eigenvalue weighted by Gasteiger charge is -2.22. The second kappa shape index (κ2) is 8.03. The smallest absolute Gasteiger partial charge is 0.193 e. The zero-order chi connectivity index (χ0) is 17.6. The Labute approximate surface area is 149 Å². The molecule has 2 aromatic rings. The van der Waals surface area contributed by atoms with E-state index in [1.165, 1.54) is 12.8 Å². The Morgan fingerprint density at radius 2 is 1.88 bits per heavy atom. The van der Waals surface area contributed by atoms with Crippen LogP contribution < -0.4 is 15.8 Å². The van der Waals surface area contributed by atoms with Gasteiger partial charge in [0, 0.05) is 17.8 Å². The zero-order valence-corrected chi connectivity index (χ0v) is 14.9. The van der Waals surface area contributed by atoms with Crippen molar-refractivity contribution in [3.8, 4) is 11.5 Å². The number of benzene rings is 2. The molecule has 132 valence electrons. The summed E-state index contributed by atoms with van der Waals surface area (Å²) in [6.07, 6.45) is 2.59. The number of nitrogens with two attached hydrogens (primary N) is 1. The first kappa shape index (κ1) is 17.3. The number of likely N-dealkylation sites (N-methyl/N-ethyl adjacent to an activating group) is 1. The van der Waals surface area contributed by atoms with E-state index in [0.29, 0.717) is 12.0 Å². The predicted molar refractivity (Wildman–Crippen MR) is 103 cm³/mol. The van der Waals surface area contributed by atoms with Gasteiger partial charge in [0.25, 0.3) is 0 Å². The van der Waals surface area contributed by atoms with E-state index in [0.717, 1.165) is 29.6 Å². The molecule has 1 saturated carbocycles. The Hall–Kier alpha value is -2.53. The first-order valence-corrected chi connectivity index (χ1v) is 8.68. The molecule has 1 aliphatic carbocycles. The van der Waals surface area contributed by atoms with Gasteiger partial charge in [0.15, 0.2) is 5.96 Å². The number of rotatable bonds is 7. The number of anilines is 1. The van der Waals surface area contributed by atoms with E-state index < -0.39 is 0 Å². The summed E-state index contributed by atoms with van der Waals surface area (Å²) < 4.78 is 5.84. The van der Waals surface area contributed by atoms with Gasteiger partial charge in [-0.2, -0.15) is 0 Å². The maximum Gasteiger partial charge on any atom is 0.193 e. The van der Waals surface area contributed by atoms with Gasteiger partial charge < -0.3 is 20.7 Å². The third-order valence-electron chi connectivity index (χ3n) is 4.36. The third kappa shape index (κ3) is 5.22. The molecule has 5 nitrogen and oxygen atoms in total. The number of nitrogens with one attached hydrogen (secondary N) is 1. The zero-order valence-electron chi connectivity index (χ0n) is 14.9. The normalized spacial score (nSPS) is 15.9. The summed E-state index contributed by atoms with van der Waals surface area (Å²) in [7, 11) is 4.21. The summed E-state index contributed by atoms with van der Waals surface area (Å²) in [6, 6.07) is 17.9. The molecule has 1 aliphatic rings. The van der Waals surface area contributed by atoms with Crippen LogP contribution in [-0.2, 0) is 0 Å². The molecule has 0 bridgehead atoms. The molecule has 0 radical (unpaired) electrons. The lowest BCUT2D eigenvalue weighted by molar-refractivity contribution is 0.271. The van der Waals surface area contributed by atoms with Crippen molar-refractivity contribution in [2.45, 2.75) is 18.9 Å². The minimum atomic E-state index is 0.435. The van der Waals surface area contributed by atoms with E-state index in [1.54, 1.807) is 0 Å². The number of nitrogens with zero attached hydrogens (tertiary/aromatic N) is 2. The van der Waals surface area contributed by atoms with Crippen molar-refractivity contribution in [2.75, 3.05) is 26.0 Å². The quantitative estimate of drug-likeness (QED) is 0.599. The summed E-state index contributed by atoms with van der Waals surface area (Å²) in [4.78, 5) is 6.76. The van der Waals surface area contributed by atoms with Crippen LogP contribution in [-0.4, -0.2) is 37.5 Å². The number of aliphatic imine (C=N–C) groups is 1. The molecule has 25 heavy (non-hydrogen) atoms. The molecule has 1 fully saturated rings. The molecule has 0 amide bonds. The van der Waals surface area contributed by atoms with Gasteiger partial charge in [-0.15, -0.1) is 0 Å². The van der Waals surface area contributed by atoms with E-state index in [9.17, 15) is 0 Å². The van der Waals surface area contributed by atoms with Gasteiger partial charge in [0.05, 0.1) is 6.54 Å². The van der Waals surface area contributed by atoms with Crippen molar-refractivity contribution in [1.82, 2.24) is 4.90 Å². The molecule has 3 N–H and O–H groups in total. The Kier molecular flexibility index (Phi) is 5.56. The van der Waals surface area contributed by atoms with Crippen molar-refractivity contribution >= 4 is 11.6 Å². The third-order valence-corrected chi connectivity index (χ3v) is 4.36. The standard InChI is InChI=1S/C20H26N4O/c1-24(2)19(15-11-12-15)14-22-20(21)23-16-7-6-10-18(13-16)25-17-8-4-3-5-9-17/h3-10,13,15,19H,11-12,14H2,1-2H3,(H3,21,22,23). The Morgan fingerprint density at radius 1 is 1.16 bits per heavy atom. The van der Waals surface area contributed by atoms with Crippen LogP contribution in [0.1, 0.15) is 12.8 Å². The van der Waals surface area contributed by atoms with Gasteiger partial charge in [0.1, 0.15) is 11.5 Å².